The molecule has 8 heteroatoms. The number of halogens is 1. The number of carbonyl (C=O) groups is 2. The topological polar surface area (TPSA) is 102 Å². The van der Waals surface area contributed by atoms with Gasteiger partial charge in [0, 0.05) is 11.1 Å². The Hall–Kier alpha value is -4.46. The summed E-state index contributed by atoms with van der Waals surface area (Å²) in [6.07, 6.45) is -1.55. The zero-order valence-electron chi connectivity index (χ0n) is 20.9. The van der Waals surface area contributed by atoms with Crippen LogP contribution in [0.2, 0.25) is 0 Å². The van der Waals surface area contributed by atoms with Crippen LogP contribution >= 0.6 is 0 Å². The van der Waals surface area contributed by atoms with Gasteiger partial charge in [-0.1, -0.05) is 59.8 Å². The van der Waals surface area contributed by atoms with Gasteiger partial charge < -0.3 is 14.4 Å². The van der Waals surface area contributed by atoms with Crippen molar-refractivity contribution >= 4 is 17.7 Å². The Bertz CT molecular complexity index is 1450. The van der Waals surface area contributed by atoms with Gasteiger partial charge in [0.1, 0.15) is 23.3 Å². The largest absolute Gasteiger partial charge is 0.481 e. The molecule has 0 fully saturated rings. The van der Waals surface area contributed by atoms with Gasteiger partial charge in [-0.3, -0.25) is 10.1 Å². The first-order valence-corrected chi connectivity index (χ1v) is 11.8. The van der Waals surface area contributed by atoms with Crippen LogP contribution in [0.15, 0.2) is 71.3 Å². The third kappa shape index (κ3) is 5.53. The SMILES string of the molecule is Cc1cc(-c2onc(C)c2NC(=O)OC(C)c2ccccc2F)ccc1-c1ccc(C(C)C(=O)O)cc1. The Kier molecular flexibility index (Phi) is 7.38. The predicted molar refractivity (Wildman–Crippen MR) is 138 cm³/mol. The average molecular weight is 503 g/mol. The van der Waals surface area contributed by atoms with Crippen molar-refractivity contribution < 1.29 is 28.3 Å². The van der Waals surface area contributed by atoms with Gasteiger partial charge in [-0.05, 0) is 62.1 Å². The Morgan fingerprint density at radius 1 is 1.00 bits per heavy atom. The Morgan fingerprint density at radius 3 is 2.32 bits per heavy atom. The molecule has 0 aliphatic carbocycles. The van der Waals surface area contributed by atoms with Crippen LogP contribution < -0.4 is 5.32 Å². The third-order valence-corrected chi connectivity index (χ3v) is 6.30. The van der Waals surface area contributed by atoms with Crippen molar-refractivity contribution in [3.05, 3.63) is 94.9 Å². The summed E-state index contributed by atoms with van der Waals surface area (Å²) in [5.41, 5.74) is 5.42. The van der Waals surface area contributed by atoms with E-state index in [1.54, 1.807) is 39.0 Å². The summed E-state index contributed by atoms with van der Waals surface area (Å²) in [5.74, 6) is -1.54. The van der Waals surface area contributed by atoms with E-state index in [-0.39, 0.29) is 5.56 Å². The van der Waals surface area contributed by atoms with Gasteiger partial charge in [-0.2, -0.15) is 0 Å². The number of ether oxygens (including phenoxy) is 1. The van der Waals surface area contributed by atoms with Gasteiger partial charge in [0.25, 0.3) is 0 Å². The third-order valence-electron chi connectivity index (χ3n) is 6.30. The van der Waals surface area contributed by atoms with E-state index in [0.717, 1.165) is 22.3 Å². The highest BCUT2D eigenvalue weighted by Gasteiger charge is 2.21. The maximum atomic E-state index is 14.0. The molecule has 0 bridgehead atoms. The van der Waals surface area contributed by atoms with Crippen molar-refractivity contribution in [1.29, 1.82) is 0 Å². The van der Waals surface area contributed by atoms with E-state index in [0.29, 0.717) is 22.7 Å². The molecule has 2 unspecified atom stereocenters. The summed E-state index contributed by atoms with van der Waals surface area (Å²) in [5, 5.41) is 15.9. The van der Waals surface area contributed by atoms with E-state index in [1.807, 2.05) is 49.4 Å². The van der Waals surface area contributed by atoms with Crippen molar-refractivity contribution in [2.24, 2.45) is 0 Å². The second-order valence-electron chi connectivity index (χ2n) is 8.88. The van der Waals surface area contributed by atoms with E-state index < -0.39 is 29.9 Å². The number of aliphatic carboxylic acids is 1. The molecule has 4 aromatic rings. The van der Waals surface area contributed by atoms with E-state index in [2.05, 4.69) is 10.5 Å². The first-order valence-electron chi connectivity index (χ1n) is 11.8. The van der Waals surface area contributed by atoms with Crippen LogP contribution in [-0.2, 0) is 9.53 Å². The summed E-state index contributed by atoms with van der Waals surface area (Å²) >= 11 is 0. The summed E-state index contributed by atoms with van der Waals surface area (Å²) < 4.78 is 24.9. The molecule has 2 N–H and O–H groups in total. The highest BCUT2D eigenvalue weighted by Crippen LogP contribution is 2.35. The number of aryl methyl sites for hydroxylation is 2. The Labute approximate surface area is 213 Å². The maximum Gasteiger partial charge on any atom is 0.412 e. The molecule has 4 rings (SSSR count). The van der Waals surface area contributed by atoms with Crippen molar-refractivity contribution in [1.82, 2.24) is 5.16 Å². The predicted octanol–water partition coefficient (Wildman–Crippen LogP) is 7.26. The number of anilines is 1. The van der Waals surface area contributed by atoms with E-state index in [1.165, 1.54) is 6.07 Å². The lowest BCUT2D eigenvalue weighted by atomic mass is 9.94. The molecular formula is C29H27FN2O5. The number of hydrogen-bond donors (Lipinski definition) is 2. The summed E-state index contributed by atoms with van der Waals surface area (Å²) in [6.45, 7) is 6.90. The molecule has 2 atom stereocenters. The summed E-state index contributed by atoms with van der Waals surface area (Å²) in [4.78, 5) is 23.8. The van der Waals surface area contributed by atoms with Crippen LogP contribution in [0.1, 0.15) is 48.3 Å². The minimum atomic E-state index is -0.870. The molecule has 0 radical (unpaired) electrons. The lowest BCUT2D eigenvalue weighted by molar-refractivity contribution is -0.138. The van der Waals surface area contributed by atoms with Crippen molar-refractivity contribution in [2.45, 2.75) is 39.7 Å². The molecule has 0 aliphatic heterocycles. The lowest BCUT2D eigenvalue weighted by Gasteiger charge is -2.15. The highest BCUT2D eigenvalue weighted by atomic mass is 19.1. The molecule has 1 heterocycles. The van der Waals surface area contributed by atoms with Gasteiger partial charge in [0.05, 0.1) is 5.92 Å². The molecule has 190 valence electrons. The number of nitrogens with one attached hydrogen (secondary N) is 1. The van der Waals surface area contributed by atoms with Crippen LogP contribution in [-0.4, -0.2) is 22.3 Å². The van der Waals surface area contributed by atoms with Gasteiger partial charge in [0.15, 0.2) is 5.76 Å². The Morgan fingerprint density at radius 2 is 1.68 bits per heavy atom. The maximum absolute atomic E-state index is 14.0. The van der Waals surface area contributed by atoms with E-state index in [9.17, 15) is 19.1 Å². The smallest absolute Gasteiger partial charge is 0.412 e. The number of carbonyl (C=O) groups excluding carboxylic acids is 1. The molecule has 0 saturated carbocycles. The highest BCUT2D eigenvalue weighted by molar-refractivity contribution is 5.91. The molecule has 0 spiro atoms. The van der Waals surface area contributed by atoms with Crippen LogP contribution in [0.5, 0.6) is 0 Å². The molecule has 1 aromatic heterocycles. The molecule has 37 heavy (non-hydrogen) atoms. The Balaban J connectivity index is 1.53. The first-order chi connectivity index (χ1) is 17.7. The first kappa shape index (κ1) is 25.6. The molecule has 1 amide bonds. The fourth-order valence-corrected chi connectivity index (χ4v) is 4.10. The number of carboxylic acid groups (broad SMARTS) is 1. The second-order valence-corrected chi connectivity index (χ2v) is 8.88. The van der Waals surface area contributed by atoms with Crippen LogP contribution in [0.25, 0.3) is 22.5 Å². The monoisotopic (exact) mass is 502 g/mol. The average Bonchev–Trinajstić information content (AvgIpc) is 3.23. The number of carboxylic acids is 1. The van der Waals surface area contributed by atoms with Crippen molar-refractivity contribution in [3.8, 4) is 22.5 Å². The standard InChI is InChI=1S/C29H27FN2O5/c1-16-15-22(13-14-23(16)21-11-9-20(10-12-21)17(2)28(33)34)27-26(18(3)32-37-27)31-29(35)36-19(4)24-7-5-6-8-25(24)30/h5-15,17,19H,1-4H3,(H,31,35)(H,33,34). The van der Waals surface area contributed by atoms with E-state index in [4.69, 9.17) is 9.26 Å². The van der Waals surface area contributed by atoms with Crippen LogP contribution in [0.3, 0.4) is 0 Å². The number of aromatic nitrogens is 1. The minimum absolute atomic E-state index is 0.275. The van der Waals surface area contributed by atoms with Crippen molar-refractivity contribution in [3.63, 3.8) is 0 Å². The lowest BCUT2D eigenvalue weighted by Crippen LogP contribution is -2.17. The molecule has 3 aromatic carbocycles. The fourth-order valence-electron chi connectivity index (χ4n) is 4.10. The van der Waals surface area contributed by atoms with Gasteiger partial charge in [-0.25, -0.2) is 9.18 Å². The van der Waals surface area contributed by atoms with E-state index >= 15 is 0 Å². The molecule has 0 saturated heterocycles. The molecule has 7 nitrogen and oxygen atoms in total. The van der Waals surface area contributed by atoms with Gasteiger partial charge >= 0.3 is 12.1 Å². The fraction of sp³-hybridized carbons (Fsp3) is 0.207. The molecular weight excluding hydrogens is 475 g/mol. The number of hydrogen-bond acceptors (Lipinski definition) is 5. The normalized spacial score (nSPS) is 12.6. The quantitative estimate of drug-likeness (QED) is 0.276. The number of nitrogens with zero attached hydrogens (tertiary/aromatic N) is 1. The summed E-state index contributed by atoms with van der Waals surface area (Å²) in [6, 6.07) is 19.3. The molecule has 0 aliphatic rings. The van der Waals surface area contributed by atoms with Gasteiger partial charge in [0.2, 0.25) is 0 Å². The number of benzene rings is 3. The zero-order valence-corrected chi connectivity index (χ0v) is 20.9. The van der Waals surface area contributed by atoms with Crippen LogP contribution in [0.4, 0.5) is 14.9 Å². The van der Waals surface area contributed by atoms with Crippen LogP contribution in [0, 0.1) is 19.7 Å². The summed E-state index contributed by atoms with van der Waals surface area (Å²) in [7, 11) is 0. The number of rotatable bonds is 7. The minimum Gasteiger partial charge on any atom is -0.481 e. The number of amides is 1. The second kappa shape index (κ2) is 10.7. The van der Waals surface area contributed by atoms with Crippen molar-refractivity contribution in [2.75, 3.05) is 5.32 Å². The van der Waals surface area contributed by atoms with Gasteiger partial charge in [-0.15, -0.1) is 0 Å². The zero-order chi connectivity index (χ0) is 26.7.